The van der Waals surface area contributed by atoms with Crippen LogP contribution < -0.4 is 5.32 Å². The molecule has 1 aliphatic rings. The minimum Gasteiger partial charge on any atom is -0.331 e. The van der Waals surface area contributed by atoms with E-state index in [1.165, 1.54) is 18.3 Å². The fourth-order valence-corrected chi connectivity index (χ4v) is 2.88. The Labute approximate surface area is 158 Å². The van der Waals surface area contributed by atoms with E-state index in [9.17, 15) is 18.0 Å². The number of rotatable bonds is 5. The van der Waals surface area contributed by atoms with Gasteiger partial charge in [0, 0.05) is 18.3 Å². The molecule has 0 saturated heterocycles. The standard InChI is InChI=1S/C18H16ClF3N4O/c1-2-10-26-15(12-6-4-3-5-7-12)25-17(16(26)27,18(20,21)22)24-14-9-8-13(19)11-23-14/h3-9,11H,2,10H2,1H3,(H,23,24)/t17-/m1/s1. The SMILES string of the molecule is CCCN1C(=O)[C@](Nc2ccc(Cl)cn2)(C(F)(F)F)N=C1c1ccccc1. The Hall–Kier alpha value is -2.61. The van der Waals surface area contributed by atoms with Gasteiger partial charge in [-0.15, -0.1) is 0 Å². The van der Waals surface area contributed by atoms with Crippen LogP contribution in [0, 0.1) is 0 Å². The predicted molar refractivity (Wildman–Crippen MR) is 96.6 cm³/mol. The number of halogens is 4. The van der Waals surface area contributed by atoms with Gasteiger partial charge in [0.25, 0.3) is 5.91 Å². The van der Waals surface area contributed by atoms with Crippen LogP contribution in [0.1, 0.15) is 18.9 Å². The maximum absolute atomic E-state index is 14.1. The highest BCUT2D eigenvalue weighted by atomic mass is 35.5. The number of anilines is 1. The predicted octanol–water partition coefficient (Wildman–Crippen LogP) is 4.10. The van der Waals surface area contributed by atoms with Crippen LogP contribution in [0.15, 0.2) is 53.7 Å². The van der Waals surface area contributed by atoms with Crippen molar-refractivity contribution >= 4 is 29.2 Å². The molecule has 0 bridgehead atoms. The zero-order valence-corrected chi connectivity index (χ0v) is 15.1. The Morgan fingerprint density at radius 1 is 1.19 bits per heavy atom. The van der Waals surface area contributed by atoms with Crippen LogP contribution in [0.3, 0.4) is 0 Å². The number of carbonyl (C=O) groups is 1. The molecule has 2 aromatic rings. The van der Waals surface area contributed by atoms with Crippen molar-refractivity contribution in [1.82, 2.24) is 9.88 Å². The summed E-state index contributed by atoms with van der Waals surface area (Å²) >= 11 is 5.73. The Bertz CT molecular complexity index is 855. The van der Waals surface area contributed by atoms with Gasteiger partial charge in [-0.3, -0.25) is 9.69 Å². The summed E-state index contributed by atoms with van der Waals surface area (Å²) in [5.41, 5.74) is -2.72. The van der Waals surface area contributed by atoms with Crippen molar-refractivity contribution < 1.29 is 18.0 Å². The molecule has 1 aromatic heterocycles. The van der Waals surface area contributed by atoms with Crippen LogP contribution in [-0.4, -0.2) is 40.0 Å². The molecule has 2 heterocycles. The molecule has 0 aliphatic carbocycles. The van der Waals surface area contributed by atoms with Gasteiger partial charge in [-0.05, 0) is 18.6 Å². The fourth-order valence-electron chi connectivity index (χ4n) is 2.77. The van der Waals surface area contributed by atoms with Gasteiger partial charge >= 0.3 is 11.8 Å². The monoisotopic (exact) mass is 396 g/mol. The summed E-state index contributed by atoms with van der Waals surface area (Å²) in [7, 11) is 0. The lowest BCUT2D eigenvalue weighted by molar-refractivity contribution is -0.185. The van der Waals surface area contributed by atoms with Gasteiger partial charge in [0.15, 0.2) is 0 Å². The first-order valence-corrected chi connectivity index (χ1v) is 8.60. The lowest BCUT2D eigenvalue weighted by atomic mass is 10.1. The molecule has 27 heavy (non-hydrogen) atoms. The van der Waals surface area contributed by atoms with E-state index in [0.717, 1.165) is 4.90 Å². The minimum atomic E-state index is -4.98. The van der Waals surface area contributed by atoms with Crippen LogP contribution in [0.25, 0.3) is 0 Å². The third kappa shape index (κ3) is 3.49. The van der Waals surface area contributed by atoms with Crippen molar-refractivity contribution in [3.63, 3.8) is 0 Å². The van der Waals surface area contributed by atoms with Gasteiger partial charge in [-0.1, -0.05) is 48.9 Å². The molecule has 0 spiro atoms. The number of benzene rings is 1. The number of hydrogen-bond acceptors (Lipinski definition) is 4. The molecular weight excluding hydrogens is 381 g/mol. The van der Waals surface area contributed by atoms with Crippen molar-refractivity contribution in [2.75, 3.05) is 11.9 Å². The zero-order chi connectivity index (χ0) is 19.7. The van der Waals surface area contributed by atoms with E-state index in [1.807, 2.05) is 0 Å². The number of pyridine rings is 1. The first-order chi connectivity index (χ1) is 12.8. The average Bonchev–Trinajstić information content (AvgIpc) is 2.92. The zero-order valence-electron chi connectivity index (χ0n) is 14.3. The summed E-state index contributed by atoms with van der Waals surface area (Å²) in [4.78, 5) is 21.6. The summed E-state index contributed by atoms with van der Waals surface area (Å²) < 4.78 is 42.2. The third-order valence-corrected chi connectivity index (χ3v) is 4.23. The Morgan fingerprint density at radius 3 is 2.44 bits per heavy atom. The van der Waals surface area contributed by atoms with E-state index < -0.39 is 17.7 Å². The van der Waals surface area contributed by atoms with E-state index in [2.05, 4.69) is 15.3 Å². The molecule has 1 N–H and O–H groups in total. The van der Waals surface area contributed by atoms with E-state index in [-0.39, 0.29) is 23.2 Å². The number of aromatic nitrogens is 1. The lowest BCUT2D eigenvalue weighted by Crippen LogP contribution is -2.58. The molecule has 0 saturated carbocycles. The maximum Gasteiger partial charge on any atom is 0.442 e. The van der Waals surface area contributed by atoms with E-state index in [4.69, 9.17) is 11.6 Å². The van der Waals surface area contributed by atoms with Crippen molar-refractivity contribution in [1.29, 1.82) is 0 Å². The van der Waals surface area contributed by atoms with Crippen LogP contribution in [-0.2, 0) is 4.79 Å². The molecule has 1 aliphatic heterocycles. The molecule has 1 aromatic carbocycles. The van der Waals surface area contributed by atoms with Crippen LogP contribution in [0.5, 0.6) is 0 Å². The van der Waals surface area contributed by atoms with Crippen LogP contribution in [0.4, 0.5) is 19.0 Å². The molecule has 1 atom stereocenters. The van der Waals surface area contributed by atoms with Crippen LogP contribution in [0.2, 0.25) is 5.02 Å². The van der Waals surface area contributed by atoms with Crippen LogP contribution >= 0.6 is 11.6 Å². The summed E-state index contributed by atoms with van der Waals surface area (Å²) in [6.45, 7) is 1.89. The molecule has 9 heteroatoms. The normalized spacial score (nSPS) is 20.0. The van der Waals surface area contributed by atoms with Crippen molar-refractivity contribution in [3.8, 4) is 0 Å². The topological polar surface area (TPSA) is 57.6 Å². The number of alkyl halides is 3. The van der Waals surface area contributed by atoms with Gasteiger partial charge < -0.3 is 5.32 Å². The number of amides is 1. The maximum atomic E-state index is 14.1. The lowest BCUT2D eigenvalue weighted by Gasteiger charge is -2.29. The minimum absolute atomic E-state index is 0.0266. The van der Waals surface area contributed by atoms with Crippen molar-refractivity contribution in [3.05, 3.63) is 59.2 Å². The average molecular weight is 397 g/mol. The third-order valence-electron chi connectivity index (χ3n) is 4.01. The molecule has 0 fully saturated rings. The van der Waals surface area contributed by atoms with Gasteiger partial charge in [-0.25, -0.2) is 9.98 Å². The molecular formula is C18H16ClF3N4O. The largest absolute Gasteiger partial charge is 0.442 e. The highest BCUT2D eigenvalue weighted by Gasteiger charge is 2.66. The first-order valence-electron chi connectivity index (χ1n) is 8.22. The van der Waals surface area contributed by atoms with Gasteiger partial charge in [-0.2, -0.15) is 13.2 Å². The Balaban J connectivity index is 2.12. The summed E-state index contributed by atoms with van der Waals surface area (Å²) in [5.74, 6) is -1.37. The summed E-state index contributed by atoms with van der Waals surface area (Å²) in [6.07, 6.45) is -3.31. The van der Waals surface area contributed by atoms with Gasteiger partial charge in [0.2, 0.25) is 0 Å². The summed E-state index contributed by atoms with van der Waals surface area (Å²) in [6, 6.07) is 11.0. The highest BCUT2D eigenvalue weighted by molar-refractivity contribution is 6.30. The Kier molecular flexibility index (Phi) is 5.10. The smallest absolute Gasteiger partial charge is 0.331 e. The summed E-state index contributed by atoms with van der Waals surface area (Å²) in [5, 5.41) is 2.45. The van der Waals surface area contributed by atoms with Gasteiger partial charge in [0.05, 0.1) is 5.02 Å². The number of aliphatic imine (C=N–C) groups is 1. The fraction of sp³-hybridized carbons (Fsp3) is 0.278. The molecule has 3 rings (SSSR count). The number of carbonyl (C=O) groups excluding carboxylic acids is 1. The second kappa shape index (κ2) is 7.19. The second-order valence-corrected chi connectivity index (χ2v) is 6.39. The first kappa shape index (κ1) is 19.2. The quantitative estimate of drug-likeness (QED) is 0.827. The van der Waals surface area contributed by atoms with E-state index >= 15 is 0 Å². The van der Waals surface area contributed by atoms with Gasteiger partial charge in [0.1, 0.15) is 11.7 Å². The Morgan fingerprint density at radius 2 is 1.89 bits per heavy atom. The van der Waals surface area contributed by atoms with Crippen molar-refractivity contribution in [2.45, 2.75) is 25.2 Å². The molecule has 0 radical (unpaired) electrons. The second-order valence-electron chi connectivity index (χ2n) is 5.95. The number of nitrogens with one attached hydrogen (secondary N) is 1. The molecule has 1 amide bonds. The molecule has 142 valence electrons. The van der Waals surface area contributed by atoms with E-state index in [0.29, 0.717) is 12.0 Å². The number of hydrogen-bond donors (Lipinski definition) is 1. The van der Waals surface area contributed by atoms with Crippen molar-refractivity contribution in [2.24, 2.45) is 4.99 Å². The molecule has 5 nitrogen and oxygen atoms in total. The molecule has 0 unspecified atom stereocenters. The number of amidine groups is 1. The number of nitrogens with zero attached hydrogens (tertiary/aromatic N) is 3. The van der Waals surface area contributed by atoms with E-state index in [1.54, 1.807) is 37.3 Å². The highest BCUT2D eigenvalue weighted by Crippen LogP contribution is 2.40.